The zero-order valence-electron chi connectivity index (χ0n) is 12.1. The first-order chi connectivity index (χ1) is 9.86. The number of aromatic hydroxyl groups is 1. The Morgan fingerprint density at radius 3 is 2.29 bits per heavy atom. The van der Waals surface area contributed by atoms with E-state index in [1.54, 1.807) is 42.5 Å². The van der Waals surface area contributed by atoms with Gasteiger partial charge in [0.25, 0.3) is 0 Å². The van der Waals surface area contributed by atoms with E-state index >= 15 is 0 Å². The van der Waals surface area contributed by atoms with E-state index in [2.05, 4.69) is 0 Å². The van der Waals surface area contributed by atoms with Gasteiger partial charge in [0.15, 0.2) is 11.5 Å². The van der Waals surface area contributed by atoms with Gasteiger partial charge in [-0.15, -0.1) is 0 Å². The summed E-state index contributed by atoms with van der Waals surface area (Å²) in [4.78, 5) is 0.209. The fraction of sp³-hybridized carbons (Fsp3) is 0.200. The highest BCUT2D eigenvalue weighted by molar-refractivity contribution is 7.89. The molecule has 0 heterocycles. The molecule has 0 bridgehead atoms. The zero-order valence-corrected chi connectivity index (χ0v) is 12.9. The third-order valence-electron chi connectivity index (χ3n) is 3.12. The minimum atomic E-state index is -3.48. The molecule has 0 spiro atoms. The summed E-state index contributed by atoms with van der Waals surface area (Å²) >= 11 is 0. The van der Waals surface area contributed by atoms with Crippen molar-refractivity contribution >= 4 is 10.0 Å². The topological polar surface area (TPSA) is 66.8 Å². The monoisotopic (exact) mass is 307 g/mol. The van der Waals surface area contributed by atoms with E-state index in [4.69, 9.17) is 4.74 Å². The smallest absolute Gasteiger partial charge is 0.242 e. The third kappa shape index (κ3) is 3.01. The van der Waals surface area contributed by atoms with E-state index in [0.717, 1.165) is 4.31 Å². The normalized spacial score (nSPS) is 11.6. The van der Waals surface area contributed by atoms with Gasteiger partial charge in [-0.2, -0.15) is 0 Å². The van der Waals surface area contributed by atoms with Crippen molar-refractivity contribution in [2.24, 2.45) is 0 Å². The maximum absolute atomic E-state index is 12.1. The van der Waals surface area contributed by atoms with Gasteiger partial charge in [0.1, 0.15) is 0 Å². The molecule has 0 unspecified atom stereocenters. The standard InChI is InChI=1S/C15H17NO4S/c1-16(2)21(18,19)13-6-4-5-11(9-13)12-7-8-15(20-3)14(17)10-12/h4-10,17H,1-3H3. The first-order valence-corrected chi connectivity index (χ1v) is 7.70. The van der Waals surface area contributed by atoms with Crippen LogP contribution in [0.3, 0.4) is 0 Å². The van der Waals surface area contributed by atoms with Crippen molar-refractivity contribution in [2.45, 2.75) is 4.90 Å². The molecule has 0 fully saturated rings. The Hall–Kier alpha value is -2.05. The zero-order chi connectivity index (χ0) is 15.6. The number of benzene rings is 2. The van der Waals surface area contributed by atoms with Gasteiger partial charge < -0.3 is 9.84 Å². The molecule has 0 atom stereocenters. The Morgan fingerprint density at radius 1 is 1.05 bits per heavy atom. The number of phenols is 1. The summed E-state index contributed by atoms with van der Waals surface area (Å²) in [6.45, 7) is 0. The number of hydrogen-bond donors (Lipinski definition) is 1. The third-order valence-corrected chi connectivity index (χ3v) is 4.94. The van der Waals surface area contributed by atoms with Crippen LogP contribution < -0.4 is 4.74 Å². The molecule has 0 amide bonds. The predicted molar refractivity (Wildman–Crippen MR) is 81.0 cm³/mol. The lowest BCUT2D eigenvalue weighted by atomic mass is 10.1. The summed E-state index contributed by atoms with van der Waals surface area (Å²) in [5.74, 6) is 0.381. The lowest BCUT2D eigenvalue weighted by molar-refractivity contribution is 0.373. The molecule has 2 aromatic rings. The lowest BCUT2D eigenvalue weighted by Gasteiger charge is -2.12. The SMILES string of the molecule is COc1ccc(-c2cccc(S(=O)(=O)N(C)C)c2)cc1O. The molecule has 5 nitrogen and oxygen atoms in total. The molecule has 0 saturated heterocycles. The van der Waals surface area contributed by atoms with Crippen LogP contribution in [0.2, 0.25) is 0 Å². The van der Waals surface area contributed by atoms with Crippen LogP contribution in [0.1, 0.15) is 0 Å². The summed E-state index contributed by atoms with van der Waals surface area (Å²) in [6, 6.07) is 11.5. The van der Waals surface area contributed by atoms with Gasteiger partial charge >= 0.3 is 0 Å². The number of hydrogen-bond acceptors (Lipinski definition) is 4. The van der Waals surface area contributed by atoms with Crippen molar-refractivity contribution in [3.63, 3.8) is 0 Å². The van der Waals surface area contributed by atoms with Gasteiger partial charge in [0.2, 0.25) is 10.0 Å². The van der Waals surface area contributed by atoms with E-state index in [1.807, 2.05) is 0 Å². The van der Waals surface area contributed by atoms with Gasteiger partial charge in [-0.3, -0.25) is 0 Å². The second-order valence-electron chi connectivity index (χ2n) is 4.70. The van der Waals surface area contributed by atoms with Crippen molar-refractivity contribution in [3.05, 3.63) is 42.5 Å². The van der Waals surface area contributed by atoms with Crippen molar-refractivity contribution in [2.75, 3.05) is 21.2 Å². The number of rotatable bonds is 4. The number of sulfonamides is 1. The summed E-state index contributed by atoms with van der Waals surface area (Å²) in [5, 5.41) is 9.82. The minimum absolute atomic E-state index is 0.0101. The van der Waals surface area contributed by atoms with E-state index in [9.17, 15) is 13.5 Å². The first-order valence-electron chi connectivity index (χ1n) is 6.26. The molecule has 0 aromatic heterocycles. The average Bonchev–Trinajstić information content (AvgIpc) is 2.47. The van der Waals surface area contributed by atoms with Crippen LogP contribution in [-0.4, -0.2) is 39.0 Å². The number of methoxy groups -OCH3 is 1. The number of nitrogens with zero attached hydrogens (tertiary/aromatic N) is 1. The molecule has 0 saturated carbocycles. The maximum atomic E-state index is 12.1. The van der Waals surface area contributed by atoms with E-state index < -0.39 is 10.0 Å². The molecule has 0 aliphatic heterocycles. The van der Waals surface area contributed by atoms with Crippen molar-refractivity contribution < 1.29 is 18.3 Å². The van der Waals surface area contributed by atoms with Gasteiger partial charge in [-0.25, -0.2) is 12.7 Å². The fourth-order valence-electron chi connectivity index (χ4n) is 1.92. The molecule has 21 heavy (non-hydrogen) atoms. The molecular formula is C15H17NO4S. The van der Waals surface area contributed by atoms with Gasteiger partial charge in [0, 0.05) is 14.1 Å². The summed E-state index contributed by atoms with van der Waals surface area (Å²) in [5.41, 5.74) is 1.42. The predicted octanol–water partition coefficient (Wildman–Crippen LogP) is 2.32. The van der Waals surface area contributed by atoms with Gasteiger partial charge in [-0.05, 0) is 35.4 Å². The second kappa shape index (κ2) is 5.75. The molecule has 0 radical (unpaired) electrons. The lowest BCUT2D eigenvalue weighted by Crippen LogP contribution is -2.22. The Kier molecular flexibility index (Phi) is 4.20. The van der Waals surface area contributed by atoms with E-state index in [-0.39, 0.29) is 10.6 Å². The van der Waals surface area contributed by atoms with Crippen LogP contribution in [0.15, 0.2) is 47.4 Å². The highest BCUT2D eigenvalue weighted by Gasteiger charge is 2.17. The van der Waals surface area contributed by atoms with Crippen molar-refractivity contribution in [1.29, 1.82) is 0 Å². The van der Waals surface area contributed by atoms with Crippen LogP contribution >= 0.6 is 0 Å². The highest BCUT2D eigenvalue weighted by Crippen LogP contribution is 2.32. The number of ether oxygens (including phenoxy) is 1. The molecule has 6 heteroatoms. The highest BCUT2D eigenvalue weighted by atomic mass is 32.2. The van der Waals surface area contributed by atoms with E-state index in [0.29, 0.717) is 16.9 Å². The molecule has 0 aliphatic rings. The van der Waals surface area contributed by atoms with Gasteiger partial charge in [0.05, 0.1) is 12.0 Å². The molecule has 2 rings (SSSR count). The Bertz CT molecular complexity index is 754. The summed E-state index contributed by atoms with van der Waals surface area (Å²) < 4.78 is 30.4. The Balaban J connectivity index is 2.50. The van der Waals surface area contributed by atoms with E-state index in [1.165, 1.54) is 21.2 Å². The quantitative estimate of drug-likeness (QED) is 0.941. The molecule has 112 valence electrons. The molecule has 2 aromatic carbocycles. The molecule has 0 aliphatic carbocycles. The van der Waals surface area contributed by atoms with Crippen LogP contribution in [-0.2, 0) is 10.0 Å². The van der Waals surface area contributed by atoms with Crippen molar-refractivity contribution in [1.82, 2.24) is 4.31 Å². The Labute approximate surface area is 124 Å². The van der Waals surface area contributed by atoms with Crippen LogP contribution in [0.4, 0.5) is 0 Å². The summed E-state index contributed by atoms with van der Waals surface area (Å²) in [6.07, 6.45) is 0. The number of phenolic OH excluding ortho intramolecular Hbond substituents is 1. The second-order valence-corrected chi connectivity index (χ2v) is 6.85. The van der Waals surface area contributed by atoms with Crippen molar-refractivity contribution in [3.8, 4) is 22.6 Å². The minimum Gasteiger partial charge on any atom is -0.504 e. The first kappa shape index (κ1) is 15.3. The Morgan fingerprint density at radius 2 is 1.71 bits per heavy atom. The average molecular weight is 307 g/mol. The van der Waals surface area contributed by atoms with Crippen LogP contribution in [0.25, 0.3) is 11.1 Å². The molecular weight excluding hydrogens is 290 g/mol. The largest absolute Gasteiger partial charge is 0.504 e. The van der Waals surface area contributed by atoms with Crippen LogP contribution in [0.5, 0.6) is 11.5 Å². The van der Waals surface area contributed by atoms with Gasteiger partial charge in [-0.1, -0.05) is 18.2 Å². The maximum Gasteiger partial charge on any atom is 0.242 e. The van der Waals surface area contributed by atoms with Crippen LogP contribution in [0, 0.1) is 0 Å². The molecule has 1 N–H and O–H groups in total. The summed E-state index contributed by atoms with van der Waals surface area (Å²) in [7, 11) is 0.962. The fourth-order valence-corrected chi connectivity index (χ4v) is 2.86.